The molecule has 4 rings (SSSR count). The molecule has 0 bridgehead atoms. The summed E-state index contributed by atoms with van der Waals surface area (Å²) in [5.74, 6) is 3.96. The Bertz CT molecular complexity index is 599. The third-order valence-electron chi connectivity index (χ3n) is 9.18. The fourth-order valence-corrected chi connectivity index (χ4v) is 7.74. The molecule has 3 saturated carbocycles. The molecule has 3 nitrogen and oxygen atoms in total. The van der Waals surface area contributed by atoms with E-state index in [-0.39, 0.29) is 10.8 Å². The van der Waals surface area contributed by atoms with Gasteiger partial charge in [-0.15, -0.1) is 0 Å². The van der Waals surface area contributed by atoms with Gasteiger partial charge in [-0.3, -0.25) is 9.59 Å². The predicted octanol–water partition coefficient (Wildman–Crippen LogP) is 4.30. The lowest BCUT2D eigenvalue weighted by atomic mass is 9.46. The van der Waals surface area contributed by atoms with E-state index in [9.17, 15) is 9.59 Å². The highest BCUT2D eigenvalue weighted by Crippen LogP contribution is 2.65. The van der Waals surface area contributed by atoms with Crippen molar-refractivity contribution >= 4 is 11.7 Å². The van der Waals surface area contributed by atoms with Crippen molar-refractivity contribution in [3.05, 3.63) is 0 Å². The van der Waals surface area contributed by atoms with E-state index in [1.54, 1.807) is 0 Å². The highest BCUT2D eigenvalue weighted by Gasteiger charge is 2.63. The molecule has 0 aromatic rings. The highest BCUT2D eigenvalue weighted by atomic mass is 16.2. The van der Waals surface area contributed by atoms with E-state index in [0.717, 1.165) is 25.7 Å². The van der Waals surface area contributed by atoms with Crippen LogP contribution in [-0.4, -0.2) is 29.7 Å². The number of rotatable bonds is 1. The zero-order valence-electron chi connectivity index (χ0n) is 16.7. The van der Waals surface area contributed by atoms with Gasteiger partial charge in [-0.25, -0.2) is 0 Å². The average molecular weight is 346 g/mol. The van der Waals surface area contributed by atoms with Crippen molar-refractivity contribution in [3.8, 4) is 0 Å². The van der Waals surface area contributed by atoms with Crippen molar-refractivity contribution in [1.82, 2.24) is 4.90 Å². The van der Waals surface area contributed by atoms with Gasteiger partial charge >= 0.3 is 0 Å². The summed E-state index contributed by atoms with van der Waals surface area (Å²) < 4.78 is 0. The molecule has 7 atom stereocenters. The third-order valence-corrected chi connectivity index (χ3v) is 9.18. The van der Waals surface area contributed by atoms with Gasteiger partial charge in [-0.2, -0.15) is 0 Å². The lowest BCUT2D eigenvalue weighted by molar-refractivity contribution is -0.161. The smallest absolute Gasteiger partial charge is 0.222 e. The van der Waals surface area contributed by atoms with Gasteiger partial charge in [0.1, 0.15) is 5.78 Å². The lowest BCUT2D eigenvalue weighted by Crippen LogP contribution is -2.61. The summed E-state index contributed by atoms with van der Waals surface area (Å²) in [4.78, 5) is 27.2. The summed E-state index contributed by atoms with van der Waals surface area (Å²) in [5, 5.41) is 0. The van der Waals surface area contributed by atoms with Crippen LogP contribution in [0.15, 0.2) is 0 Å². The van der Waals surface area contributed by atoms with Gasteiger partial charge in [0.2, 0.25) is 5.91 Å². The van der Waals surface area contributed by atoms with Crippen molar-refractivity contribution in [2.75, 3.05) is 7.05 Å². The SMILES string of the molecule is CC(C)C1CC(=O)[C@@]2(C)CC[C@@H]3[C@@H](CCC4N(C)C(=O)CC[C@@]43C)[C@H]12. The van der Waals surface area contributed by atoms with Crippen LogP contribution in [0.5, 0.6) is 0 Å². The largest absolute Gasteiger partial charge is 0.342 e. The van der Waals surface area contributed by atoms with Gasteiger partial charge in [0.25, 0.3) is 0 Å². The molecule has 0 aromatic carbocycles. The van der Waals surface area contributed by atoms with Gasteiger partial charge < -0.3 is 4.90 Å². The molecule has 4 fully saturated rings. The van der Waals surface area contributed by atoms with Crippen LogP contribution in [0.3, 0.4) is 0 Å². The van der Waals surface area contributed by atoms with E-state index in [1.807, 2.05) is 7.05 Å². The van der Waals surface area contributed by atoms with Crippen molar-refractivity contribution in [1.29, 1.82) is 0 Å². The van der Waals surface area contributed by atoms with Crippen molar-refractivity contribution < 1.29 is 9.59 Å². The van der Waals surface area contributed by atoms with Crippen molar-refractivity contribution in [3.63, 3.8) is 0 Å². The number of hydrogen-bond donors (Lipinski definition) is 0. The molecule has 0 spiro atoms. The molecule has 25 heavy (non-hydrogen) atoms. The molecule has 140 valence electrons. The minimum atomic E-state index is -0.0737. The Labute approximate surface area is 152 Å². The Kier molecular flexibility index (Phi) is 3.91. The van der Waals surface area contributed by atoms with E-state index in [1.165, 1.54) is 12.8 Å². The Morgan fingerprint density at radius 2 is 1.80 bits per heavy atom. The van der Waals surface area contributed by atoms with Crippen LogP contribution in [0.1, 0.15) is 72.6 Å². The van der Waals surface area contributed by atoms with E-state index < -0.39 is 0 Å². The first kappa shape index (κ1) is 17.5. The Balaban J connectivity index is 1.70. The van der Waals surface area contributed by atoms with Gasteiger partial charge in [0.05, 0.1) is 0 Å². The topological polar surface area (TPSA) is 37.4 Å². The van der Waals surface area contributed by atoms with Crippen molar-refractivity contribution in [2.45, 2.75) is 78.7 Å². The fraction of sp³-hybridized carbons (Fsp3) is 0.909. The number of fused-ring (bicyclic) bond motifs is 5. The number of hydrogen-bond acceptors (Lipinski definition) is 2. The number of nitrogens with zero attached hydrogens (tertiary/aromatic N) is 1. The summed E-state index contributed by atoms with van der Waals surface area (Å²) in [6.45, 7) is 9.37. The molecule has 1 amide bonds. The van der Waals surface area contributed by atoms with Crippen LogP contribution in [0.4, 0.5) is 0 Å². The fourth-order valence-electron chi connectivity index (χ4n) is 7.74. The summed E-state index contributed by atoms with van der Waals surface area (Å²) in [6, 6.07) is 0.411. The summed E-state index contributed by atoms with van der Waals surface area (Å²) >= 11 is 0. The first-order valence-electron chi connectivity index (χ1n) is 10.5. The summed E-state index contributed by atoms with van der Waals surface area (Å²) in [5.41, 5.74) is 0.176. The second-order valence-electron chi connectivity index (χ2n) is 10.4. The van der Waals surface area contributed by atoms with Crippen LogP contribution in [0, 0.1) is 40.4 Å². The number of carbonyl (C=O) groups excluding carboxylic acids is 2. The standard InChI is InChI=1S/C22H35NO2/c1-13(2)15-12-18(24)22(4)10-8-16-14(20(15)22)6-7-17-21(16,3)11-9-19(25)23(17)5/h13-17,20H,6-12H2,1-5H3/t14-,15?,16-,17?,20-,21-,22-/m1/s1. The monoisotopic (exact) mass is 345 g/mol. The quantitative estimate of drug-likeness (QED) is 0.710. The molecular formula is C22H35NO2. The molecule has 0 aromatic heterocycles. The number of likely N-dealkylation sites (tertiary alicyclic amines) is 1. The molecule has 0 N–H and O–H groups in total. The van der Waals surface area contributed by atoms with E-state index >= 15 is 0 Å². The van der Waals surface area contributed by atoms with Gasteiger partial charge in [-0.05, 0) is 67.1 Å². The average Bonchev–Trinajstić information content (AvgIpc) is 2.83. The normalized spacial score (nSPS) is 49.8. The van der Waals surface area contributed by atoms with E-state index in [0.29, 0.717) is 53.7 Å². The van der Waals surface area contributed by atoms with Crippen LogP contribution >= 0.6 is 0 Å². The number of Topliss-reactive ketones (excluding diaryl/α,β-unsaturated/α-hetero) is 1. The Morgan fingerprint density at radius 3 is 2.48 bits per heavy atom. The molecule has 0 radical (unpaired) electrons. The van der Waals surface area contributed by atoms with Crippen LogP contribution < -0.4 is 0 Å². The molecule has 1 heterocycles. The van der Waals surface area contributed by atoms with Gasteiger partial charge in [0.15, 0.2) is 0 Å². The maximum atomic E-state index is 12.9. The van der Waals surface area contributed by atoms with Crippen molar-refractivity contribution in [2.24, 2.45) is 40.4 Å². The Hall–Kier alpha value is -0.860. The maximum absolute atomic E-state index is 12.9. The maximum Gasteiger partial charge on any atom is 0.222 e. The van der Waals surface area contributed by atoms with Crippen LogP contribution in [0.25, 0.3) is 0 Å². The molecule has 3 aliphatic carbocycles. The molecule has 1 saturated heterocycles. The van der Waals surface area contributed by atoms with E-state index in [2.05, 4.69) is 32.6 Å². The molecule has 4 aliphatic rings. The number of piperidine rings is 1. The first-order valence-corrected chi connectivity index (χ1v) is 10.5. The molecule has 1 aliphatic heterocycles. The van der Waals surface area contributed by atoms with Gasteiger partial charge in [-0.1, -0.05) is 27.7 Å². The van der Waals surface area contributed by atoms with Gasteiger partial charge in [0, 0.05) is 31.3 Å². The molecule has 2 unspecified atom stereocenters. The zero-order chi connectivity index (χ0) is 18.1. The predicted molar refractivity (Wildman–Crippen MR) is 98.9 cm³/mol. The third kappa shape index (κ3) is 2.23. The minimum absolute atomic E-state index is 0.0737. The molecule has 3 heteroatoms. The minimum Gasteiger partial charge on any atom is -0.342 e. The summed E-state index contributed by atoms with van der Waals surface area (Å²) in [6.07, 6.45) is 7.16. The number of carbonyl (C=O) groups is 2. The molecular weight excluding hydrogens is 310 g/mol. The van der Waals surface area contributed by atoms with Crippen LogP contribution in [-0.2, 0) is 9.59 Å². The highest BCUT2D eigenvalue weighted by molar-refractivity contribution is 5.87. The lowest BCUT2D eigenvalue weighted by Gasteiger charge is -2.61. The first-order chi connectivity index (χ1) is 11.7. The zero-order valence-corrected chi connectivity index (χ0v) is 16.7. The second-order valence-corrected chi connectivity index (χ2v) is 10.4. The number of amides is 1. The van der Waals surface area contributed by atoms with Crippen LogP contribution in [0.2, 0.25) is 0 Å². The summed E-state index contributed by atoms with van der Waals surface area (Å²) in [7, 11) is 2.02. The van der Waals surface area contributed by atoms with E-state index in [4.69, 9.17) is 0 Å². The number of ketones is 1. The second kappa shape index (κ2) is 5.57. The Morgan fingerprint density at radius 1 is 1.08 bits per heavy atom.